The highest BCUT2D eigenvalue weighted by molar-refractivity contribution is 7.89. The number of morpholine rings is 1. The molecule has 2 fully saturated rings. The molecule has 0 amide bonds. The van der Waals surface area contributed by atoms with Gasteiger partial charge in [-0.3, -0.25) is 0 Å². The highest BCUT2D eigenvalue weighted by Gasteiger charge is 2.48. The summed E-state index contributed by atoms with van der Waals surface area (Å²) in [6.07, 6.45) is 0.734. The lowest BCUT2D eigenvalue weighted by Crippen LogP contribution is -2.43. The van der Waals surface area contributed by atoms with E-state index < -0.39 is 10.0 Å². The smallest absolute Gasteiger partial charge is 0.225 e. The van der Waals surface area contributed by atoms with Crippen molar-refractivity contribution in [1.29, 1.82) is 0 Å². The first-order chi connectivity index (χ1) is 12.5. The lowest BCUT2D eigenvalue weighted by molar-refractivity contribution is 0.0525. The summed E-state index contributed by atoms with van der Waals surface area (Å²) in [6, 6.07) is 0. The van der Waals surface area contributed by atoms with E-state index in [2.05, 4.69) is 4.90 Å². The van der Waals surface area contributed by atoms with Gasteiger partial charge in [-0.25, -0.2) is 22.7 Å². The van der Waals surface area contributed by atoms with Crippen molar-refractivity contribution in [2.75, 3.05) is 56.7 Å². The molecule has 0 saturated carbocycles. The van der Waals surface area contributed by atoms with Crippen LogP contribution in [0, 0.1) is 6.92 Å². The Kier molecular flexibility index (Phi) is 4.66. The van der Waals surface area contributed by atoms with E-state index in [4.69, 9.17) is 19.4 Å². The van der Waals surface area contributed by atoms with Crippen LogP contribution in [0.4, 0.5) is 5.95 Å². The first-order valence-corrected chi connectivity index (χ1v) is 10.8. The van der Waals surface area contributed by atoms with E-state index in [0.29, 0.717) is 39.5 Å². The van der Waals surface area contributed by atoms with E-state index in [1.54, 1.807) is 11.2 Å². The summed E-state index contributed by atoms with van der Waals surface area (Å²) in [6.45, 7) is 8.55. The Morgan fingerprint density at radius 2 is 1.92 bits per heavy atom. The van der Waals surface area contributed by atoms with Gasteiger partial charge in [0, 0.05) is 37.4 Å². The first kappa shape index (κ1) is 18.1. The average Bonchev–Trinajstić information content (AvgIpc) is 3.09. The Balaban J connectivity index is 1.72. The van der Waals surface area contributed by atoms with Gasteiger partial charge in [0.1, 0.15) is 0 Å². The van der Waals surface area contributed by atoms with Crippen molar-refractivity contribution >= 4 is 16.0 Å². The van der Waals surface area contributed by atoms with Gasteiger partial charge in [0.25, 0.3) is 0 Å². The Morgan fingerprint density at radius 1 is 1.15 bits per heavy atom. The number of aryl methyl sites for hydroxylation is 1. The third-order valence-corrected chi connectivity index (χ3v) is 7.53. The van der Waals surface area contributed by atoms with Crippen LogP contribution in [0.1, 0.15) is 30.3 Å². The summed E-state index contributed by atoms with van der Waals surface area (Å²) >= 11 is 0. The SMILES string of the molecule is CCS(=O)(=O)N1CCC2(COCc3c(C)nc(N4CCOCC4)nc32)C1. The molecule has 1 spiro atoms. The van der Waals surface area contributed by atoms with Gasteiger partial charge in [0.15, 0.2) is 0 Å². The number of sulfonamides is 1. The third kappa shape index (κ3) is 3.00. The van der Waals surface area contributed by atoms with Gasteiger partial charge in [-0.2, -0.15) is 0 Å². The minimum atomic E-state index is -3.21. The van der Waals surface area contributed by atoms with E-state index in [-0.39, 0.29) is 11.2 Å². The van der Waals surface area contributed by atoms with Crippen molar-refractivity contribution in [3.05, 3.63) is 17.0 Å². The number of ether oxygens (including phenoxy) is 2. The van der Waals surface area contributed by atoms with Crippen LogP contribution >= 0.6 is 0 Å². The minimum Gasteiger partial charge on any atom is -0.378 e. The maximum absolute atomic E-state index is 12.4. The molecule has 1 aromatic heterocycles. The molecule has 144 valence electrons. The fourth-order valence-electron chi connectivity index (χ4n) is 4.08. The van der Waals surface area contributed by atoms with E-state index in [9.17, 15) is 8.42 Å². The van der Waals surface area contributed by atoms with Gasteiger partial charge >= 0.3 is 0 Å². The number of anilines is 1. The van der Waals surface area contributed by atoms with Crippen LogP contribution < -0.4 is 4.90 Å². The van der Waals surface area contributed by atoms with Crippen LogP contribution in [0.2, 0.25) is 0 Å². The van der Waals surface area contributed by atoms with Gasteiger partial charge in [0.2, 0.25) is 16.0 Å². The van der Waals surface area contributed by atoms with Crippen molar-refractivity contribution in [2.24, 2.45) is 0 Å². The topological polar surface area (TPSA) is 84.9 Å². The zero-order valence-electron chi connectivity index (χ0n) is 15.4. The molecular formula is C17H26N4O4S. The minimum absolute atomic E-state index is 0.124. The summed E-state index contributed by atoms with van der Waals surface area (Å²) in [5.74, 6) is 0.848. The Hall–Kier alpha value is -1.29. The fourth-order valence-corrected chi connectivity index (χ4v) is 5.26. The zero-order chi connectivity index (χ0) is 18.4. The highest BCUT2D eigenvalue weighted by atomic mass is 32.2. The molecule has 0 aromatic carbocycles. The average molecular weight is 382 g/mol. The molecule has 0 N–H and O–H groups in total. The van der Waals surface area contributed by atoms with E-state index in [1.807, 2.05) is 6.92 Å². The first-order valence-electron chi connectivity index (χ1n) is 9.21. The molecular weight excluding hydrogens is 356 g/mol. The van der Waals surface area contributed by atoms with Crippen LogP contribution in [-0.2, 0) is 31.5 Å². The number of fused-ring (bicyclic) bond motifs is 2. The standard InChI is InChI=1S/C17H26N4O4S/c1-3-26(22,23)21-5-4-17(11-21)12-25-10-14-13(2)18-16(19-15(14)17)20-6-8-24-9-7-20/h3-12H2,1-2H3. The second-order valence-corrected chi connectivity index (χ2v) is 9.55. The Labute approximate surface area is 154 Å². The molecule has 4 heterocycles. The van der Waals surface area contributed by atoms with Gasteiger partial charge in [-0.05, 0) is 20.3 Å². The predicted molar refractivity (Wildman–Crippen MR) is 96.8 cm³/mol. The van der Waals surface area contributed by atoms with Crippen molar-refractivity contribution in [3.8, 4) is 0 Å². The summed E-state index contributed by atoms with van der Waals surface area (Å²) in [5.41, 5.74) is 2.55. The molecule has 1 aromatic rings. The van der Waals surface area contributed by atoms with Crippen molar-refractivity contribution in [3.63, 3.8) is 0 Å². The fraction of sp³-hybridized carbons (Fsp3) is 0.765. The summed E-state index contributed by atoms with van der Waals surface area (Å²) in [4.78, 5) is 11.8. The van der Waals surface area contributed by atoms with Crippen LogP contribution in [0.3, 0.4) is 0 Å². The number of nitrogens with zero attached hydrogens (tertiary/aromatic N) is 4. The molecule has 3 aliphatic heterocycles. The molecule has 0 aliphatic carbocycles. The number of aromatic nitrogens is 2. The van der Waals surface area contributed by atoms with Crippen LogP contribution in [0.25, 0.3) is 0 Å². The molecule has 26 heavy (non-hydrogen) atoms. The summed E-state index contributed by atoms with van der Waals surface area (Å²) in [5, 5.41) is 0. The lowest BCUT2D eigenvalue weighted by Gasteiger charge is -2.36. The van der Waals surface area contributed by atoms with E-state index in [1.165, 1.54) is 0 Å². The molecule has 2 saturated heterocycles. The molecule has 1 unspecified atom stereocenters. The van der Waals surface area contributed by atoms with Crippen LogP contribution in [0.15, 0.2) is 0 Å². The lowest BCUT2D eigenvalue weighted by atomic mass is 9.80. The van der Waals surface area contributed by atoms with Crippen LogP contribution in [-0.4, -0.2) is 74.4 Å². The van der Waals surface area contributed by atoms with Crippen molar-refractivity contribution in [2.45, 2.75) is 32.3 Å². The number of rotatable bonds is 3. The van der Waals surface area contributed by atoms with Gasteiger partial charge in [-0.1, -0.05) is 0 Å². The van der Waals surface area contributed by atoms with Gasteiger partial charge in [-0.15, -0.1) is 0 Å². The normalized spacial score (nSPS) is 27.1. The predicted octanol–water partition coefficient (Wildman–Crippen LogP) is 0.445. The summed E-state index contributed by atoms with van der Waals surface area (Å²) < 4.78 is 37.6. The number of hydrogen-bond acceptors (Lipinski definition) is 7. The molecule has 9 heteroatoms. The summed E-state index contributed by atoms with van der Waals surface area (Å²) in [7, 11) is -3.21. The molecule has 4 rings (SSSR count). The van der Waals surface area contributed by atoms with Gasteiger partial charge < -0.3 is 14.4 Å². The largest absolute Gasteiger partial charge is 0.378 e. The molecule has 3 aliphatic rings. The third-order valence-electron chi connectivity index (χ3n) is 5.70. The monoisotopic (exact) mass is 382 g/mol. The quantitative estimate of drug-likeness (QED) is 0.750. The maximum Gasteiger partial charge on any atom is 0.225 e. The van der Waals surface area contributed by atoms with E-state index in [0.717, 1.165) is 42.4 Å². The number of hydrogen-bond donors (Lipinski definition) is 0. The highest BCUT2D eigenvalue weighted by Crippen LogP contribution is 2.41. The van der Waals surface area contributed by atoms with Gasteiger partial charge in [0.05, 0.1) is 43.3 Å². The van der Waals surface area contributed by atoms with Crippen LogP contribution in [0.5, 0.6) is 0 Å². The molecule has 1 atom stereocenters. The zero-order valence-corrected chi connectivity index (χ0v) is 16.2. The van der Waals surface area contributed by atoms with E-state index >= 15 is 0 Å². The Bertz CT molecular complexity index is 794. The van der Waals surface area contributed by atoms with Crippen molar-refractivity contribution < 1.29 is 17.9 Å². The maximum atomic E-state index is 12.4. The molecule has 8 nitrogen and oxygen atoms in total. The second-order valence-electron chi connectivity index (χ2n) is 7.29. The molecule has 0 bridgehead atoms. The Morgan fingerprint density at radius 3 is 2.65 bits per heavy atom. The van der Waals surface area contributed by atoms with Crippen molar-refractivity contribution in [1.82, 2.24) is 14.3 Å². The second kappa shape index (κ2) is 6.70. The molecule has 0 radical (unpaired) electrons.